The van der Waals surface area contributed by atoms with Crippen LogP contribution in [-0.4, -0.2) is 49.9 Å². The molecule has 25 heavy (non-hydrogen) atoms. The zero-order valence-corrected chi connectivity index (χ0v) is 15.4. The molecule has 2 saturated heterocycles. The number of carbonyl (C=O) groups is 1. The molecular weight excluding hydrogens is 316 g/mol. The van der Waals surface area contributed by atoms with Gasteiger partial charge in [0.15, 0.2) is 0 Å². The fourth-order valence-electron chi connectivity index (χ4n) is 3.70. The van der Waals surface area contributed by atoms with Crippen molar-refractivity contribution in [3.05, 3.63) is 35.4 Å². The predicted molar refractivity (Wildman–Crippen MR) is 97.6 cm³/mol. The Kier molecular flexibility index (Phi) is 6.32. The minimum atomic E-state index is -0.0554. The quantitative estimate of drug-likeness (QED) is 0.890. The first-order valence-corrected chi connectivity index (χ1v) is 9.48. The van der Waals surface area contributed by atoms with Crippen LogP contribution in [-0.2, 0) is 9.47 Å². The molecule has 2 heterocycles. The van der Waals surface area contributed by atoms with E-state index < -0.39 is 0 Å². The number of hydrogen-bond donors (Lipinski definition) is 1. The Hall–Kier alpha value is -1.59. The van der Waals surface area contributed by atoms with Crippen molar-refractivity contribution in [1.82, 2.24) is 10.2 Å². The van der Waals surface area contributed by atoms with Crippen molar-refractivity contribution >= 4 is 6.03 Å². The molecule has 2 fully saturated rings. The molecule has 0 aromatic heterocycles. The molecule has 2 amide bonds. The van der Waals surface area contributed by atoms with Gasteiger partial charge in [-0.25, -0.2) is 4.79 Å². The highest BCUT2D eigenvalue weighted by Crippen LogP contribution is 2.29. The van der Waals surface area contributed by atoms with E-state index in [1.165, 1.54) is 5.56 Å². The average molecular weight is 346 g/mol. The van der Waals surface area contributed by atoms with Gasteiger partial charge in [0.05, 0.1) is 12.6 Å². The topological polar surface area (TPSA) is 50.8 Å². The maximum Gasteiger partial charge on any atom is 0.317 e. The van der Waals surface area contributed by atoms with Crippen LogP contribution in [0.1, 0.15) is 43.4 Å². The van der Waals surface area contributed by atoms with Crippen LogP contribution in [0.2, 0.25) is 0 Å². The molecule has 1 N–H and O–H groups in total. The van der Waals surface area contributed by atoms with E-state index in [0.717, 1.165) is 57.7 Å². The molecule has 3 rings (SSSR count). The van der Waals surface area contributed by atoms with Crippen LogP contribution in [0.4, 0.5) is 4.79 Å². The Labute approximate surface area is 150 Å². The molecule has 0 unspecified atom stereocenters. The Bertz CT molecular complexity index is 561. The lowest BCUT2D eigenvalue weighted by molar-refractivity contribution is -0.00853. The lowest BCUT2D eigenvalue weighted by atomic mass is 9.95. The number of benzene rings is 1. The van der Waals surface area contributed by atoms with E-state index >= 15 is 0 Å². The molecule has 0 bridgehead atoms. The van der Waals surface area contributed by atoms with E-state index in [0.29, 0.717) is 5.92 Å². The molecule has 3 atom stereocenters. The van der Waals surface area contributed by atoms with Gasteiger partial charge < -0.3 is 19.7 Å². The second kappa shape index (κ2) is 8.68. The highest BCUT2D eigenvalue weighted by atomic mass is 16.5. The molecular formula is C20H30N2O3. The third-order valence-electron chi connectivity index (χ3n) is 5.17. The predicted octanol–water partition coefficient (Wildman–Crippen LogP) is 3.28. The molecule has 1 aromatic rings. The van der Waals surface area contributed by atoms with Crippen molar-refractivity contribution in [2.75, 3.05) is 32.9 Å². The normalized spacial score (nSPS) is 26.6. The van der Waals surface area contributed by atoms with Gasteiger partial charge in [0.1, 0.15) is 6.10 Å². The van der Waals surface area contributed by atoms with Gasteiger partial charge in [0.2, 0.25) is 0 Å². The molecule has 5 nitrogen and oxygen atoms in total. The van der Waals surface area contributed by atoms with Crippen molar-refractivity contribution in [2.24, 2.45) is 5.92 Å². The van der Waals surface area contributed by atoms with E-state index in [2.05, 4.69) is 36.5 Å². The van der Waals surface area contributed by atoms with E-state index in [4.69, 9.17) is 9.47 Å². The van der Waals surface area contributed by atoms with Gasteiger partial charge in [0, 0.05) is 32.2 Å². The van der Waals surface area contributed by atoms with Crippen LogP contribution in [0.3, 0.4) is 0 Å². The van der Waals surface area contributed by atoms with Crippen molar-refractivity contribution < 1.29 is 14.3 Å². The maximum atomic E-state index is 12.7. The van der Waals surface area contributed by atoms with Gasteiger partial charge in [-0.05, 0) is 38.7 Å². The Morgan fingerprint density at radius 3 is 2.88 bits per heavy atom. The summed E-state index contributed by atoms with van der Waals surface area (Å²) in [6, 6.07) is 8.49. The summed E-state index contributed by atoms with van der Waals surface area (Å²) in [5, 5.41) is 3.22. The Morgan fingerprint density at radius 1 is 1.32 bits per heavy atom. The largest absolute Gasteiger partial charge is 0.381 e. The van der Waals surface area contributed by atoms with Crippen LogP contribution in [0.25, 0.3) is 0 Å². The molecule has 0 radical (unpaired) electrons. The minimum Gasteiger partial charge on any atom is -0.381 e. The first kappa shape index (κ1) is 18.2. The van der Waals surface area contributed by atoms with Gasteiger partial charge in [0.25, 0.3) is 0 Å². The number of nitrogens with zero attached hydrogens (tertiary/aromatic N) is 1. The van der Waals surface area contributed by atoms with E-state index in [9.17, 15) is 4.79 Å². The monoisotopic (exact) mass is 346 g/mol. The summed E-state index contributed by atoms with van der Waals surface area (Å²) in [7, 11) is 0. The highest BCUT2D eigenvalue weighted by Gasteiger charge is 2.32. The van der Waals surface area contributed by atoms with Crippen LogP contribution in [0.5, 0.6) is 0 Å². The van der Waals surface area contributed by atoms with Gasteiger partial charge in [-0.1, -0.05) is 29.8 Å². The molecule has 2 aliphatic heterocycles. The number of urea groups is 1. The zero-order valence-electron chi connectivity index (χ0n) is 15.4. The molecule has 0 spiro atoms. The number of ether oxygens (including phenoxy) is 2. The minimum absolute atomic E-state index is 0.0339. The third kappa shape index (κ3) is 4.73. The van der Waals surface area contributed by atoms with E-state index in [1.54, 1.807) is 0 Å². The molecule has 2 aliphatic rings. The second-order valence-corrected chi connectivity index (χ2v) is 7.16. The number of hydrogen-bond acceptors (Lipinski definition) is 3. The van der Waals surface area contributed by atoms with Crippen LogP contribution < -0.4 is 5.32 Å². The first-order valence-electron chi connectivity index (χ1n) is 9.48. The van der Waals surface area contributed by atoms with Crippen molar-refractivity contribution in [1.29, 1.82) is 0 Å². The number of amides is 2. The van der Waals surface area contributed by atoms with Gasteiger partial charge in [-0.3, -0.25) is 0 Å². The van der Waals surface area contributed by atoms with Crippen LogP contribution >= 0.6 is 0 Å². The van der Waals surface area contributed by atoms with Crippen molar-refractivity contribution in [2.45, 2.75) is 45.3 Å². The molecule has 0 saturated carbocycles. The smallest absolute Gasteiger partial charge is 0.317 e. The van der Waals surface area contributed by atoms with Gasteiger partial charge in [-0.2, -0.15) is 0 Å². The molecule has 1 aromatic carbocycles. The Morgan fingerprint density at radius 2 is 2.12 bits per heavy atom. The number of rotatable bonds is 5. The van der Waals surface area contributed by atoms with Crippen molar-refractivity contribution in [3.63, 3.8) is 0 Å². The number of nitrogens with one attached hydrogen (secondary N) is 1. The molecule has 0 aliphatic carbocycles. The van der Waals surface area contributed by atoms with Crippen LogP contribution in [0, 0.1) is 12.8 Å². The Balaban J connectivity index is 1.58. The molecule has 138 valence electrons. The SMILES string of the molecule is CCOC[C@@H]1CCN(C(=O)N[C@H]2CCCO[C@@H]2c2ccc(C)cc2)C1. The lowest BCUT2D eigenvalue weighted by Crippen LogP contribution is -2.48. The molecule has 5 heteroatoms. The fourth-order valence-corrected chi connectivity index (χ4v) is 3.70. The van der Waals surface area contributed by atoms with Crippen molar-refractivity contribution in [3.8, 4) is 0 Å². The summed E-state index contributed by atoms with van der Waals surface area (Å²) in [4.78, 5) is 14.6. The second-order valence-electron chi connectivity index (χ2n) is 7.16. The summed E-state index contributed by atoms with van der Waals surface area (Å²) >= 11 is 0. The maximum absolute atomic E-state index is 12.7. The first-order chi connectivity index (χ1) is 12.2. The summed E-state index contributed by atoms with van der Waals surface area (Å²) in [5.74, 6) is 0.459. The van der Waals surface area contributed by atoms with Gasteiger partial charge in [-0.15, -0.1) is 0 Å². The third-order valence-corrected chi connectivity index (χ3v) is 5.17. The summed E-state index contributed by atoms with van der Waals surface area (Å²) in [6.45, 7) is 7.93. The average Bonchev–Trinajstić information content (AvgIpc) is 3.10. The zero-order chi connectivity index (χ0) is 17.6. The van der Waals surface area contributed by atoms with E-state index in [1.807, 2.05) is 11.8 Å². The summed E-state index contributed by atoms with van der Waals surface area (Å²) in [5.41, 5.74) is 2.38. The number of carbonyl (C=O) groups excluding carboxylic acids is 1. The van der Waals surface area contributed by atoms with Gasteiger partial charge >= 0.3 is 6.03 Å². The highest BCUT2D eigenvalue weighted by molar-refractivity contribution is 5.75. The lowest BCUT2D eigenvalue weighted by Gasteiger charge is -2.34. The number of aryl methyl sites for hydroxylation is 1. The van der Waals surface area contributed by atoms with Crippen LogP contribution in [0.15, 0.2) is 24.3 Å². The fraction of sp³-hybridized carbons (Fsp3) is 0.650. The summed E-state index contributed by atoms with van der Waals surface area (Å²) in [6.07, 6.45) is 2.91. The van der Waals surface area contributed by atoms with E-state index in [-0.39, 0.29) is 18.2 Å². The number of likely N-dealkylation sites (tertiary alicyclic amines) is 1. The standard InChI is InChI=1S/C20H30N2O3/c1-3-24-14-16-10-11-22(13-16)20(23)21-18-5-4-12-25-19(18)17-8-6-15(2)7-9-17/h6-9,16,18-19H,3-5,10-14H2,1-2H3,(H,21,23)/t16-,18+,19-/m1/s1. The summed E-state index contributed by atoms with van der Waals surface area (Å²) < 4.78 is 11.5.